The van der Waals surface area contributed by atoms with Gasteiger partial charge in [0.15, 0.2) is 0 Å². The highest BCUT2D eigenvalue weighted by molar-refractivity contribution is 6.24. The number of aliphatic imine (C=N–C) groups is 1. The van der Waals surface area contributed by atoms with Gasteiger partial charge in [-0.25, -0.2) is 4.39 Å². The van der Waals surface area contributed by atoms with Crippen LogP contribution in [0.25, 0.3) is 5.57 Å². The molecule has 0 spiro atoms. The molecule has 0 radical (unpaired) electrons. The maximum absolute atomic E-state index is 14.6. The van der Waals surface area contributed by atoms with Crippen molar-refractivity contribution in [3.63, 3.8) is 0 Å². The standard InChI is InChI=1S/C25H24F4N4O2/c1-14(17-6-5-7-19(21(17)26)25(27,28)29)30-23(35)18-10-16(15-8-9-20(34)32(4)11-15)12-33-13-24(2,3)31-22(18)33/h5-12,14H,13H2,1-4H3,(H,30,35)/t14-/m1/s1. The fourth-order valence-electron chi connectivity index (χ4n) is 4.17. The lowest BCUT2D eigenvalue weighted by molar-refractivity contribution is -0.140. The SMILES string of the molecule is C[C@@H](NC(=O)C1=CC(c2ccc(=O)n(C)c2)=CN2CC(C)(C)N=C12)c1cccc(C(F)(F)F)c1F. The third-order valence-electron chi connectivity index (χ3n) is 5.89. The van der Waals surface area contributed by atoms with Gasteiger partial charge >= 0.3 is 6.18 Å². The molecule has 0 unspecified atom stereocenters. The predicted octanol–water partition coefficient (Wildman–Crippen LogP) is 4.19. The van der Waals surface area contributed by atoms with Gasteiger partial charge in [-0.05, 0) is 44.5 Å². The van der Waals surface area contributed by atoms with Crippen LogP contribution in [0.3, 0.4) is 0 Å². The topological polar surface area (TPSA) is 66.7 Å². The van der Waals surface area contributed by atoms with Gasteiger partial charge in [-0.3, -0.25) is 14.6 Å². The Morgan fingerprint density at radius 1 is 1.20 bits per heavy atom. The molecule has 35 heavy (non-hydrogen) atoms. The number of aryl methyl sites for hydroxylation is 1. The van der Waals surface area contributed by atoms with Gasteiger partial charge in [-0.2, -0.15) is 13.2 Å². The molecule has 1 atom stereocenters. The number of carbonyl (C=O) groups is 1. The van der Waals surface area contributed by atoms with Crippen molar-refractivity contribution in [1.82, 2.24) is 14.8 Å². The first-order valence-corrected chi connectivity index (χ1v) is 10.9. The van der Waals surface area contributed by atoms with Crippen LogP contribution in [0.2, 0.25) is 0 Å². The monoisotopic (exact) mass is 488 g/mol. The largest absolute Gasteiger partial charge is 0.419 e. The molecule has 6 nitrogen and oxygen atoms in total. The molecule has 10 heteroatoms. The average Bonchev–Trinajstić information content (AvgIpc) is 3.07. The van der Waals surface area contributed by atoms with Gasteiger partial charge in [-0.1, -0.05) is 12.1 Å². The van der Waals surface area contributed by atoms with E-state index in [0.717, 1.165) is 6.07 Å². The number of amides is 1. The minimum absolute atomic E-state index is 0.186. The third kappa shape index (κ3) is 4.78. The first-order valence-electron chi connectivity index (χ1n) is 10.9. The summed E-state index contributed by atoms with van der Waals surface area (Å²) in [5, 5.41) is 2.61. The molecule has 0 aliphatic carbocycles. The molecular formula is C25H24F4N4O2. The Morgan fingerprint density at radius 2 is 1.91 bits per heavy atom. The van der Waals surface area contributed by atoms with Crippen LogP contribution in [0.1, 0.15) is 43.5 Å². The van der Waals surface area contributed by atoms with Crippen molar-refractivity contribution in [3.05, 3.63) is 87.2 Å². The summed E-state index contributed by atoms with van der Waals surface area (Å²) in [6, 6.07) is 5.00. The van der Waals surface area contributed by atoms with Crippen LogP contribution in [-0.2, 0) is 18.0 Å². The molecule has 4 rings (SSSR count). The van der Waals surface area contributed by atoms with Crippen LogP contribution in [-0.4, -0.2) is 33.3 Å². The summed E-state index contributed by atoms with van der Waals surface area (Å²) < 4.78 is 55.5. The van der Waals surface area contributed by atoms with Gasteiger partial charge in [0, 0.05) is 43.2 Å². The van der Waals surface area contributed by atoms with Crippen molar-refractivity contribution in [2.24, 2.45) is 12.0 Å². The predicted molar refractivity (Wildman–Crippen MR) is 124 cm³/mol. The zero-order chi connectivity index (χ0) is 25.7. The molecule has 1 aromatic carbocycles. The molecule has 0 fully saturated rings. The van der Waals surface area contributed by atoms with Gasteiger partial charge in [-0.15, -0.1) is 0 Å². The normalized spacial score (nSPS) is 17.8. The van der Waals surface area contributed by atoms with Gasteiger partial charge in [0.1, 0.15) is 11.7 Å². The highest BCUT2D eigenvalue weighted by Gasteiger charge is 2.38. The van der Waals surface area contributed by atoms with E-state index in [-0.39, 0.29) is 16.7 Å². The maximum atomic E-state index is 14.6. The number of rotatable bonds is 4. The molecule has 184 valence electrons. The lowest BCUT2D eigenvalue weighted by atomic mass is 9.99. The number of hydrogen-bond donors (Lipinski definition) is 1. The summed E-state index contributed by atoms with van der Waals surface area (Å²) in [6.45, 7) is 5.74. The number of pyridine rings is 1. The lowest BCUT2D eigenvalue weighted by Crippen LogP contribution is -2.37. The van der Waals surface area contributed by atoms with Crippen LogP contribution in [0.5, 0.6) is 0 Å². The summed E-state index contributed by atoms with van der Waals surface area (Å²) >= 11 is 0. The molecule has 0 bridgehead atoms. The number of nitrogens with one attached hydrogen (secondary N) is 1. The third-order valence-corrected chi connectivity index (χ3v) is 5.89. The quantitative estimate of drug-likeness (QED) is 0.657. The first kappa shape index (κ1) is 24.4. The van der Waals surface area contributed by atoms with Crippen LogP contribution >= 0.6 is 0 Å². The highest BCUT2D eigenvalue weighted by Crippen LogP contribution is 2.35. The Kier molecular flexibility index (Phi) is 5.94. The Morgan fingerprint density at radius 3 is 2.57 bits per heavy atom. The number of alkyl halides is 3. The molecule has 0 saturated carbocycles. The van der Waals surface area contributed by atoms with Crippen LogP contribution < -0.4 is 10.9 Å². The summed E-state index contributed by atoms with van der Waals surface area (Å²) in [5.74, 6) is -1.61. The van der Waals surface area contributed by atoms with Gasteiger partial charge in [0.2, 0.25) is 5.56 Å². The van der Waals surface area contributed by atoms with E-state index >= 15 is 0 Å². The van der Waals surface area contributed by atoms with Crippen LogP contribution in [0.4, 0.5) is 17.6 Å². The smallest absolute Gasteiger partial charge is 0.345 e. The number of benzene rings is 1. The number of amidine groups is 1. The van der Waals surface area contributed by atoms with Gasteiger partial charge in [0.05, 0.1) is 22.7 Å². The molecule has 3 heterocycles. The minimum atomic E-state index is -4.85. The lowest BCUT2D eigenvalue weighted by Gasteiger charge is -2.26. The summed E-state index contributed by atoms with van der Waals surface area (Å²) in [7, 11) is 1.61. The zero-order valence-electron chi connectivity index (χ0n) is 19.6. The van der Waals surface area contributed by atoms with Crippen LogP contribution in [0.15, 0.2) is 64.2 Å². The molecule has 2 aromatic rings. The minimum Gasteiger partial charge on any atom is -0.345 e. The van der Waals surface area contributed by atoms with E-state index in [1.165, 1.54) is 23.6 Å². The second-order valence-electron chi connectivity index (χ2n) is 9.29. The van der Waals surface area contributed by atoms with E-state index in [1.807, 2.05) is 24.9 Å². The molecule has 1 aromatic heterocycles. The Bertz CT molecular complexity index is 1350. The fraction of sp³-hybridized carbons (Fsp3) is 0.320. The number of fused-ring (bicyclic) bond motifs is 1. The van der Waals surface area contributed by atoms with Gasteiger partial charge < -0.3 is 14.8 Å². The molecule has 2 aliphatic rings. The van der Waals surface area contributed by atoms with E-state index < -0.39 is 35.0 Å². The molecular weight excluding hydrogens is 464 g/mol. The Hall–Kier alpha value is -3.69. The number of aromatic nitrogens is 1. The fourth-order valence-corrected chi connectivity index (χ4v) is 4.17. The maximum Gasteiger partial charge on any atom is 0.419 e. The number of hydrogen-bond acceptors (Lipinski definition) is 4. The zero-order valence-corrected chi connectivity index (χ0v) is 19.6. The van der Waals surface area contributed by atoms with Crippen molar-refractivity contribution in [3.8, 4) is 0 Å². The van der Waals surface area contributed by atoms with Crippen molar-refractivity contribution >= 4 is 17.3 Å². The van der Waals surface area contributed by atoms with E-state index in [1.54, 1.807) is 25.4 Å². The summed E-state index contributed by atoms with van der Waals surface area (Å²) in [6.07, 6.45) is 0.237. The van der Waals surface area contributed by atoms with E-state index in [4.69, 9.17) is 0 Å². The second kappa shape index (κ2) is 8.51. The molecule has 0 saturated heterocycles. The van der Waals surface area contributed by atoms with E-state index in [2.05, 4.69) is 10.3 Å². The van der Waals surface area contributed by atoms with E-state index in [9.17, 15) is 27.2 Å². The average molecular weight is 488 g/mol. The molecule has 1 N–H and O–H groups in total. The Balaban J connectivity index is 1.69. The van der Waals surface area contributed by atoms with Crippen LogP contribution in [0, 0.1) is 5.82 Å². The summed E-state index contributed by atoms with van der Waals surface area (Å²) in [5.41, 5.74) is -0.790. The molecule has 1 amide bonds. The first-order chi connectivity index (χ1) is 16.3. The number of nitrogens with zero attached hydrogens (tertiary/aromatic N) is 3. The highest BCUT2D eigenvalue weighted by atomic mass is 19.4. The summed E-state index contributed by atoms with van der Waals surface area (Å²) in [4.78, 5) is 31.6. The van der Waals surface area contributed by atoms with Crippen molar-refractivity contribution in [2.45, 2.75) is 38.5 Å². The number of halogens is 4. The van der Waals surface area contributed by atoms with Crippen molar-refractivity contribution in [2.75, 3.05) is 6.54 Å². The second-order valence-corrected chi connectivity index (χ2v) is 9.29. The number of allylic oxidation sites excluding steroid dienone is 2. The Labute approximate surface area is 199 Å². The van der Waals surface area contributed by atoms with E-state index in [0.29, 0.717) is 29.6 Å². The van der Waals surface area contributed by atoms with Crippen molar-refractivity contribution in [1.29, 1.82) is 0 Å². The number of carbonyl (C=O) groups excluding carboxylic acids is 1. The van der Waals surface area contributed by atoms with Crippen molar-refractivity contribution < 1.29 is 22.4 Å². The van der Waals surface area contributed by atoms with Gasteiger partial charge in [0.25, 0.3) is 5.91 Å². The molecule has 2 aliphatic heterocycles.